The smallest absolute Gasteiger partial charge is 0.0805 e. The van der Waals surface area contributed by atoms with Crippen LogP contribution in [-0.2, 0) is 0 Å². The van der Waals surface area contributed by atoms with Crippen molar-refractivity contribution >= 4 is 11.7 Å². The molecule has 0 N–H and O–H groups in total. The van der Waals surface area contributed by atoms with Crippen LogP contribution in [0.2, 0.25) is 0 Å². The highest BCUT2D eigenvalue weighted by Gasteiger charge is 2.15. The van der Waals surface area contributed by atoms with Gasteiger partial charge in [-0.2, -0.15) is 8.75 Å². The Bertz CT molecular complexity index is 242. The van der Waals surface area contributed by atoms with Crippen LogP contribution >= 0.6 is 11.7 Å². The van der Waals surface area contributed by atoms with E-state index in [-0.39, 0.29) is 0 Å². The van der Waals surface area contributed by atoms with Gasteiger partial charge in [-0.3, -0.25) is 0 Å². The van der Waals surface area contributed by atoms with E-state index in [0.29, 0.717) is 11.8 Å². The average molecular weight is 184 g/mol. The van der Waals surface area contributed by atoms with E-state index in [0.717, 1.165) is 6.42 Å². The largest absolute Gasteiger partial charge is 0.178 e. The predicted molar refractivity (Wildman–Crippen MR) is 52.7 cm³/mol. The standard InChI is InChI=1S/C9H16N2S/c1-5-7(4)9-8(6(2)3)10-12-11-9/h6-7H,5H2,1-4H3. The van der Waals surface area contributed by atoms with E-state index < -0.39 is 0 Å². The Kier molecular flexibility index (Phi) is 3.20. The minimum Gasteiger partial charge on any atom is -0.178 e. The molecule has 0 aliphatic rings. The first-order valence-corrected chi connectivity index (χ1v) is 5.22. The molecule has 0 aromatic carbocycles. The Morgan fingerprint density at radius 1 is 1.17 bits per heavy atom. The quantitative estimate of drug-likeness (QED) is 0.721. The molecule has 0 amide bonds. The van der Waals surface area contributed by atoms with E-state index in [1.54, 1.807) is 0 Å². The number of hydrogen-bond donors (Lipinski definition) is 0. The molecule has 68 valence electrons. The predicted octanol–water partition coefficient (Wildman–Crippen LogP) is 3.18. The fourth-order valence-electron chi connectivity index (χ4n) is 1.14. The van der Waals surface area contributed by atoms with Crippen molar-refractivity contribution in [1.82, 2.24) is 8.75 Å². The highest BCUT2D eigenvalue weighted by molar-refractivity contribution is 6.99. The molecule has 12 heavy (non-hydrogen) atoms. The normalized spacial score (nSPS) is 13.8. The zero-order valence-corrected chi connectivity index (χ0v) is 8.98. The lowest BCUT2D eigenvalue weighted by Crippen LogP contribution is -1.99. The Morgan fingerprint density at radius 3 is 2.25 bits per heavy atom. The van der Waals surface area contributed by atoms with Crippen molar-refractivity contribution in [2.75, 3.05) is 0 Å². The first-order chi connectivity index (χ1) is 5.66. The van der Waals surface area contributed by atoms with Gasteiger partial charge in [-0.15, -0.1) is 0 Å². The second-order valence-corrected chi connectivity index (χ2v) is 4.03. The number of nitrogens with zero attached hydrogens (tertiary/aromatic N) is 2. The second-order valence-electron chi connectivity index (χ2n) is 3.50. The van der Waals surface area contributed by atoms with Crippen molar-refractivity contribution in [3.63, 3.8) is 0 Å². The summed E-state index contributed by atoms with van der Waals surface area (Å²) >= 11 is 1.34. The minimum absolute atomic E-state index is 0.507. The van der Waals surface area contributed by atoms with Crippen molar-refractivity contribution in [2.45, 2.75) is 46.0 Å². The molecule has 3 heteroatoms. The van der Waals surface area contributed by atoms with Crippen LogP contribution in [-0.4, -0.2) is 8.75 Å². The molecule has 1 heterocycles. The van der Waals surface area contributed by atoms with Crippen LogP contribution in [0.4, 0.5) is 0 Å². The molecule has 1 aromatic heterocycles. The molecule has 0 saturated heterocycles. The van der Waals surface area contributed by atoms with Crippen molar-refractivity contribution in [1.29, 1.82) is 0 Å². The van der Waals surface area contributed by atoms with Gasteiger partial charge in [-0.05, 0) is 12.3 Å². The third-order valence-electron chi connectivity index (χ3n) is 2.17. The summed E-state index contributed by atoms with van der Waals surface area (Å²) in [6, 6.07) is 0. The zero-order chi connectivity index (χ0) is 9.14. The Morgan fingerprint density at radius 2 is 1.75 bits per heavy atom. The van der Waals surface area contributed by atoms with Gasteiger partial charge in [0.25, 0.3) is 0 Å². The molecule has 1 rings (SSSR count). The van der Waals surface area contributed by atoms with Crippen LogP contribution < -0.4 is 0 Å². The molecule has 0 fully saturated rings. The maximum Gasteiger partial charge on any atom is 0.0805 e. The van der Waals surface area contributed by atoms with Gasteiger partial charge in [0.15, 0.2) is 0 Å². The Labute approximate surface area is 78.3 Å². The summed E-state index contributed by atoms with van der Waals surface area (Å²) < 4.78 is 8.65. The number of rotatable bonds is 3. The Hall–Kier alpha value is -0.440. The fraction of sp³-hybridized carbons (Fsp3) is 0.778. The lowest BCUT2D eigenvalue weighted by Gasteiger charge is -2.08. The summed E-state index contributed by atoms with van der Waals surface area (Å²) in [5.74, 6) is 1.06. The molecule has 0 radical (unpaired) electrons. The summed E-state index contributed by atoms with van der Waals surface area (Å²) in [7, 11) is 0. The summed E-state index contributed by atoms with van der Waals surface area (Å²) in [6.07, 6.45) is 1.14. The molecule has 0 aliphatic heterocycles. The van der Waals surface area contributed by atoms with Gasteiger partial charge in [0, 0.05) is 5.92 Å². The monoisotopic (exact) mass is 184 g/mol. The highest BCUT2D eigenvalue weighted by atomic mass is 32.1. The van der Waals surface area contributed by atoms with E-state index >= 15 is 0 Å². The molecule has 2 nitrogen and oxygen atoms in total. The molecule has 1 atom stereocenters. The van der Waals surface area contributed by atoms with E-state index in [1.165, 1.54) is 23.1 Å². The SMILES string of the molecule is CCC(C)c1nsnc1C(C)C. The van der Waals surface area contributed by atoms with Crippen LogP contribution in [0.1, 0.15) is 57.3 Å². The van der Waals surface area contributed by atoms with Gasteiger partial charge >= 0.3 is 0 Å². The van der Waals surface area contributed by atoms with E-state index in [4.69, 9.17) is 0 Å². The summed E-state index contributed by atoms with van der Waals surface area (Å²) in [5.41, 5.74) is 2.40. The van der Waals surface area contributed by atoms with Gasteiger partial charge in [0.2, 0.25) is 0 Å². The first kappa shape index (κ1) is 9.65. The van der Waals surface area contributed by atoms with Crippen molar-refractivity contribution in [3.05, 3.63) is 11.4 Å². The van der Waals surface area contributed by atoms with E-state index in [1.807, 2.05) is 0 Å². The summed E-state index contributed by atoms with van der Waals surface area (Å²) in [5, 5.41) is 0. The van der Waals surface area contributed by atoms with Gasteiger partial charge < -0.3 is 0 Å². The van der Waals surface area contributed by atoms with Crippen LogP contribution in [0, 0.1) is 0 Å². The Balaban J connectivity index is 2.91. The van der Waals surface area contributed by atoms with Crippen LogP contribution in [0.3, 0.4) is 0 Å². The van der Waals surface area contributed by atoms with Gasteiger partial charge in [0.05, 0.1) is 23.1 Å². The number of aromatic nitrogens is 2. The van der Waals surface area contributed by atoms with Crippen molar-refractivity contribution < 1.29 is 0 Å². The molecule has 0 aliphatic carbocycles. The zero-order valence-electron chi connectivity index (χ0n) is 8.16. The topological polar surface area (TPSA) is 25.8 Å². The van der Waals surface area contributed by atoms with E-state index in [9.17, 15) is 0 Å². The van der Waals surface area contributed by atoms with Crippen molar-refractivity contribution in [3.8, 4) is 0 Å². The molecule has 0 saturated carbocycles. The number of hydrogen-bond acceptors (Lipinski definition) is 3. The van der Waals surface area contributed by atoms with Gasteiger partial charge in [-0.1, -0.05) is 27.7 Å². The van der Waals surface area contributed by atoms with Gasteiger partial charge in [0.1, 0.15) is 0 Å². The minimum atomic E-state index is 0.507. The summed E-state index contributed by atoms with van der Waals surface area (Å²) in [6.45, 7) is 8.74. The van der Waals surface area contributed by atoms with Crippen LogP contribution in [0.15, 0.2) is 0 Å². The van der Waals surface area contributed by atoms with Crippen molar-refractivity contribution in [2.24, 2.45) is 0 Å². The van der Waals surface area contributed by atoms with E-state index in [2.05, 4.69) is 36.4 Å². The first-order valence-electron chi connectivity index (χ1n) is 4.49. The average Bonchev–Trinajstić information content (AvgIpc) is 2.50. The molecular weight excluding hydrogens is 168 g/mol. The molecule has 0 spiro atoms. The van der Waals surface area contributed by atoms with Crippen LogP contribution in [0.5, 0.6) is 0 Å². The molecule has 0 bridgehead atoms. The lowest BCUT2D eigenvalue weighted by molar-refractivity contribution is 0.686. The second kappa shape index (κ2) is 3.99. The third-order valence-corrected chi connectivity index (χ3v) is 2.72. The van der Waals surface area contributed by atoms with Crippen LogP contribution in [0.25, 0.3) is 0 Å². The molecule has 1 unspecified atom stereocenters. The molecular formula is C9H16N2S. The lowest BCUT2D eigenvalue weighted by atomic mass is 9.98. The summed E-state index contributed by atoms with van der Waals surface area (Å²) in [4.78, 5) is 0. The third kappa shape index (κ3) is 1.83. The fourth-order valence-corrected chi connectivity index (χ4v) is 1.93. The molecule has 1 aromatic rings. The van der Waals surface area contributed by atoms with Gasteiger partial charge in [-0.25, -0.2) is 0 Å². The maximum absolute atomic E-state index is 4.34. The highest BCUT2D eigenvalue weighted by Crippen LogP contribution is 2.25. The maximum atomic E-state index is 4.34.